The van der Waals surface area contributed by atoms with Gasteiger partial charge in [0.2, 0.25) is 5.91 Å². The Morgan fingerprint density at radius 3 is 2.40 bits per heavy atom. The van der Waals surface area contributed by atoms with Crippen molar-refractivity contribution in [1.82, 2.24) is 9.80 Å². The van der Waals surface area contributed by atoms with Gasteiger partial charge in [-0.15, -0.1) is 0 Å². The number of carbonyl (C=O) groups is 2. The summed E-state index contributed by atoms with van der Waals surface area (Å²) in [6.45, 7) is 4.71. The molecule has 0 saturated heterocycles. The second-order valence-corrected chi connectivity index (χ2v) is 11.0. The van der Waals surface area contributed by atoms with E-state index < -0.39 is 29.9 Å². The highest BCUT2D eigenvalue weighted by Crippen LogP contribution is 2.31. The van der Waals surface area contributed by atoms with Crippen LogP contribution in [0.3, 0.4) is 0 Å². The average molecular weight is 599 g/mol. The van der Waals surface area contributed by atoms with E-state index in [1.165, 1.54) is 12.1 Å². The van der Waals surface area contributed by atoms with Crippen molar-refractivity contribution in [3.8, 4) is 5.75 Å². The summed E-state index contributed by atoms with van der Waals surface area (Å²) in [5, 5.41) is 15.4. The van der Waals surface area contributed by atoms with Crippen molar-refractivity contribution in [3.63, 3.8) is 0 Å². The first-order chi connectivity index (χ1) is 20.4. The van der Waals surface area contributed by atoms with Crippen LogP contribution in [-0.2, 0) is 23.9 Å². The van der Waals surface area contributed by atoms with Gasteiger partial charge in [-0.25, -0.2) is 4.79 Å². The number of fused-ring (bicyclic) bond motifs is 1. The number of likely N-dealkylation sites (N-methyl/N-ethyl adjacent to an activating group) is 1. The van der Waals surface area contributed by atoms with Crippen molar-refractivity contribution >= 4 is 23.3 Å². The Kier molecular flexibility index (Phi) is 10.3. The quantitative estimate of drug-likeness (QED) is 0.313. The highest BCUT2D eigenvalue weighted by molar-refractivity contribution is 5.99. The van der Waals surface area contributed by atoms with Crippen LogP contribution < -0.4 is 15.4 Å². The van der Waals surface area contributed by atoms with E-state index in [-0.39, 0.29) is 24.9 Å². The molecule has 3 aromatic rings. The van der Waals surface area contributed by atoms with Crippen molar-refractivity contribution in [2.75, 3.05) is 37.4 Å². The second-order valence-electron chi connectivity index (χ2n) is 11.0. The normalized spacial score (nSPS) is 18.1. The van der Waals surface area contributed by atoms with Crippen molar-refractivity contribution in [1.29, 1.82) is 0 Å². The first kappa shape index (κ1) is 31.8. The fraction of sp³-hybridized carbons (Fsp3) is 0.375. The number of anilines is 2. The van der Waals surface area contributed by atoms with Gasteiger partial charge >= 0.3 is 12.2 Å². The maximum atomic E-state index is 13.4. The third kappa shape index (κ3) is 8.71. The summed E-state index contributed by atoms with van der Waals surface area (Å²) in [5.74, 6) is 0.178. The number of para-hydroxylation sites is 1. The maximum absolute atomic E-state index is 13.4. The van der Waals surface area contributed by atoms with Gasteiger partial charge in [-0.2, -0.15) is 13.2 Å². The Morgan fingerprint density at radius 2 is 1.74 bits per heavy atom. The summed E-state index contributed by atoms with van der Waals surface area (Å²) >= 11 is 0. The summed E-state index contributed by atoms with van der Waals surface area (Å²) < 4.78 is 45.5. The molecule has 0 aliphatic carbocycles. The van der Waals surface area contributed by atoms with Crippen LogP contribution in [0.1, 0.15) is 30.5 Å². The molecule has 0 radical (unpaired) electrons. The van der Waals surface area contributed by atoms with E-state index in [1.54, 1.807) is 42.2 Å². The first-order valence-electron chi connectivity index (χ1n) is 14.1. The molecule has 0 aromatic heterocycles. The monoisotopic (exact) mass is 598 g/mol. The molecule has 1 aliphatic heterocycles. The number of rotatable bonds is 8. The summed E-state index contributed by atoms with van der Waals surface area (Å²) in [4.78, 5) is 29.6. The number of urea groups is 1. The van der Waals surface area contributed by atoms with Crippen LogP contribution in [0.4, 0.5) is 29.3 Å². The highest BCUT2D eigenvalue weighted by Gasteiger charge is 2.32. The van der Waals surface area contributed by atoms with E-state index >= 15 is 0 Å². The minimum Gasteiger partial charge on any atom is -0.488 e. The molecule has 0 spiro atoms. The Hall–Kier alpha value is -4.09. The number of hydrogen-bond acceptors (Lipinski definition) is 5. The molecule has 1 heterocycles. The zero-order valence-electron chi connectivity index (χ0n) is 24.4. The third-order valence-electron chi connectivity index (χ3n) is 7.43. The zero-order valence-corrected chi connectivity index (χ0v) is 24.4. The number of nitrogens with zero attached hydrogens (tertiary/aromatic N) is 2. The molecule has 11 heteroatoms. The van der Waals surface area contributed by atoms with Gasteiger partial charge in [-0.05, 0) is 62.0 Å². The number of nitrogens with one attached hydrogen (secondary N) is 2. The molecule has 8 nitrogen and oxygen atoms in total. The minimum atomic E-state index is -4.39. The Morgan fingerprint density at radius 1 is 1.07 bits per heavy atom. The number of amides is 3. The van der Waals surface area contributed by atoms with Gasteiger partial charge in [0, 0.05) is 42.5 Å². The van der Waals surface area contributed by atoms with E-state index in [4.69, 9.17) is 4.74 Å². The molecule has 230 valence electrons. The lowest BCUT2D eigenvalue weighted by Gasteiger charge is -2.34. The lowest BCUT2D eigenvalue weighted by atomic mass is 10.0. The SMILES string of the molecule is C[C@@H]1CN([C@@H](C)CO)C(=O)Cc2cc(NC(=O)Nc3ccccc3)ccc2O[C@@H]1CN(C)Cc1ccc(C(F)(F)F)cc1. The maximum Gasteiger partial charge on any atom is 0.416 e. The third-order valence-corrected chi connectivity index (χ3v) is 7.43. The number of ether oxygens (including phenoxy) is 1. The van der Waals surface area contributed by atoms with E-state index in [1.807, 2.05) is 37.1 Å². The van der Waals surface area contributed by atoms with Gasteiger partial charge in [0.25, 0.3) is 0 Å². The van der Waals surface area contributed by atoms with Crippen LogP contribution in [0, 0.1) is 5.92 Å². The Balaban J connectivity index is 1.54. The number of alkyl halides is 3. The van der Waals surface area contributed by atoms with E-state index in [2.05, 4.69) is 10.6 Å². The van der Waals surface area contributed by atoms with E-state index in [0.29, 0.717) is 42.3 Å². The van der Waals surface area contributed by atoms with E-state index in [0.717, 1.165) is 17.7 Å². The average Bonchev–Trinajstić information content (AvgIpc) is 3.00. The lowest BCUT2D eigenvalue weighted by molar-refractivity contribution is -0.137. The largest absolute Gasteiger partial charge is 0.488 e. The topological polar surface area (TPSA) is 94.1 Å². The molecule has 0 fully saturated rings. The van der Waals surface area contributed by atoms with E-state index in [9.17, 15) is 27.9 Å². The summed E-state index contributed by atoms with van der Waals surface area (Å²) in [5.41, 5.74) is 1.72. The van der Waals surface area contributed by atoms with Crippen molar-refractivity contribution < 1.29 is 32.6 Å². The second kappa shape index (κ2) is 13.9. The van der Waals surface area contributed by atoms with Gasteiger partial charge < -0.3 is 25.4 Å². The smallest absolute Gasteiger partial charge is 0.416 e. The first-order valence-corrected chi connectivity index (χ1v) is 14.1. The van der Waals surface area contributed by atoms with Crippen LogP contribution in [0.5, 0.6) is 5.75 Å². The number of aliphatic hydroxyl groups is 1. The molecule has 4 rings (SSSR count). The molecular formula is C32H37F3N4O4. The fourth-order valence-electron chi connectivity index (χ4n) is 5.02. The molecule has 0 saturated carbocycles. The van der Waals surface area contributed by atoms with Gasteiger partial charge in [-0.1, -0.05) is 37.3 Å². The fourth-order valence-corrected chi connectivity index (χ4v) is 5.02. The van der Waals surface area contributed by atoms with Crippen molar-refractivity contribution in [2.24, 2.45) is 5.92 Å². The number of carbonyl (C=O) groups excluding carboxylic acids is 2. The summed E-state index contributed by atoms with van der Waals surface area (Å²) in [6, 6.07) is 18.4. The Labute approximate surface area is 249 Å². The molecule has 0 unspecified atom stereocenters. The molecule has 3 aromatic carbocycles. The van der Waals surface area contributed by atoms with Gasteiger partial charge in [0.1, 0.15) is 11.9 Å². The minimum absolute atomic E-state index is 0.0102. The molecule has 3 amide bonds. The van der Waals surface area contributed by atoms with Crippen molar-refractivity contribution in [2.45, 2.75) is 45.1 Å². The predicted octanol–water partition coefficient (Wildman–Crippen LogP) is 5.63. The number of halogens is 3. The molecular weight excluding hydrogens is 561 g/mol. The van der Waals surface area contributed by atoms with Crippen LogP contribution in [0.2, 0.25) is 0 Å². The van der Waals surface area contributed by atoms with Crippen LogP contribution >= 0.6 is 0 Å². The number of aliphatic hydroxyl groups excluding tert-OH is 1. The highest BCUT2D eigenvalue weighted by atomic mass is 19.4. The van der Waals surface area contributed by atoms with Crippen LogP contribution in [-0.4, -0.2) is 65.7 Å². The molecule has 0 bridgehead atoms. The molecule has 43 heavy (non-hydrogen) atoms. The molecule has 3 N–H and O–H groups in total. The van der Waals surface area contributed by atoms with Gasteiger partial charge in [0.05, 0.1) is 24.6 Å². The van der Waals surface area contributed by atoms with Crippen LogP contribution in [0.25, 0.3) is 0 Å². The standard InChI is InChI=1S/C32H37F3N4O4/c1-21-17-39(22(2)20-40)30(41)16-24-15-27(37-31(42)36-26-7-5-4-6-8-26)13-14-28(24)43-29(21)19-38(3)18-23-9-11-25(12-10-23)32(33,34)35/h4-15,21-22,29,40H,16-20H2,1-3H3,(H2,36,37,42)/t21-,22+,29-/m1/s1. The number of benzene rings is 3. The molecule has 3 atom stereocenters. The predicted molar refractivity (Wildman–Crippen MR) is 159 cm³/mol. The Bertz CT molecular complexity index is 1390. The zero-order chi connectivity index (χ0) is 31.1. The number of hydrogen-bond donors (Lipinski definition) is 3. The lowest BCUT2D eigenvalue weighted by Crippen LogP contribution is -2.47. The molecule has 1 aliphatic rings. The van der Waals surface area contributed by atoms with Gasteiger partial charge in [-0.3, -0.25) is 9.69 Å². The van der Waals surface area contributed by atoms with Crippen LogP contribution in [0.15, 0.2) is 72.8 Å². The summed E-state index contributed by atoms with van der Waals surface area (Å²) in [6.07, 6.45) is -4.78. The van der Waals surface area contributed by atoms with Gasteiger partial charge in [0.15, 0.2) is 0 Å². The summed E-state index contributed by atoms with van der Waals surface area (Å²) in [7, 11) is 1.86. The van der Waals surface area contributed by atoms with Crippen molar-refractivity contribution in [3.05, 3.63) is 89.5 Å².